The molecule has 3 N–H and O–H groups in total. The fourth-order valence-electron chi connectivity index (χ4n) is 1.67. The number of hydrogen-bond donors (Lipinski definition) is 3. The molecule has 22 heavy (non-hydrogen) atoms. The van der Waals surface area contributed by atoms with Crippen LogP contribution < -0.4 is 10.9 Å². The summed E-state index contributed by atoms with van der Waals surface area (Å²) in [5, 5.41) is 19.7. The van der Waals surface area contributed by atoms with Crippen LogP contribution in [0.3, 0.4) is 0 Å². The fourth-order valence-corrected chi connectivity index (χ4v) is 1.67. The molecule has 0 aromatic heterocycles. The molecule has 2 rings (SSSR count). The Kier molecular flexibility index (Phi) is 4.38. The molecule has 1 amide bonds. The maximum absolute atomic E-state index is 11.8. The molecule has 112 valence electrons. The van der Waals surface area contributed by atoms with E-state index in [4.69, 9.17) is 5.11 Å². The van der Waals surface area contributed by atoms with E-state index in [9.17, 15) is 14.9 Å². The minimum absolute atomic E-state index is 0.0234. The van der Waals surface area contributed by atoms with E-state index < -0.39 is 10.8 Å². The normalized spacial score (nSPS) is 9.82. The average molecular weight is 299 g/mol. The Labute approximate surface area is 126 Å². The van der Waals surface area contributed by atoms with Gasteiger partial charge >= 0.3 is 0 Å². The number of nitro benzene ring substituents is 1. The molecule has 7 heteroatoms. The predicted octanol–water partition coefficient (Wildman–Crippen LogP) is 2.21. The Bertz CT molecular complexity index is 709. The Balaban J connectivity index is 1.96. The largest absolute Gasteiger partial charge is 0.508 e. The number of hydrogen-bond acceptors (Lipinski definition) is 5. The lowest BCUT2D eigenvalue weighted by atomic mass is 10.1. The number of phenolic OH excluding ortho intramolecular Hbond substituents is 1. The number of aromatic hydroxyl groups is 1. The van der Waals surface area contributed by atoms with Crippen molar-refractivity contribution in [3.05, 3.63) is 76.4 Å². The first-order chi connectivity index (χ1) is 10.5. The predicted molar refractivity (Wildman–Crippen MR) is 80.8 cm³/mol. The molecule has 2 aromatic rings. The minimum atomic E-state index is -0.493. The Morgan fingerprint density at radius 2 is 1.55 bits per heavy atom. The number of rotatable bonds is 5. The van der Waals surface area contributed by atoms with Gasteiger partial charge in [0.25, 0.3) is 11.6 Å². The van der Waals surface area contributed by atoms with Crippen molar-refractivity contribution in [1.29, 1.82) is 0 Å². The van der Waals surface area contributed by atoms with E-state index in [1.54, 1.807) is 0 Å². The first-order valence-electron chi connectivity index (χ1n) is 6.26. The van der Waals surface area contributed by atoms with Gasteiger partial charge < -0.3 is 5.11 Å². The van der Waals surface area contributed by atoms with Gasteiger partial charge in [-0.05, 0) is 42.0 Å². The fraction of sp³-hybridized carbons (Fsp3) is 0. The zero-order chi connectivity index (χ0) is 16.1. The van der Waals surface area contributed by atoms with Crippen molar-refractivity contribution in [2.75, 3.05) is 0 Å². The van der Waals surface area contributed by atoms with Crippen LogP contribution in [0.4, 0.5) is 5.69 Å². The van der Waals surface area contributed by atoms with Gasteiger partial charge in [-0.1, -0.05) is 6.58 Å². The molecule has 0 aliphatic heterocycles. The van der Waals surface area contributed by atoms with Gasteiger partial charge in [-0.3, -0.25) is 25.8 Å². The highest BCUT2D eigenvalue weighted by molar-refractivity contribution is 5.94. The molecule has 7 nitrogen and oxygen atoms in total. The van der Waals surface area contributed by atoms with Crippen LogP contribution in [-0.4, -0.2) is 15.9 Å². The first-order valence-corrected chi connectivity index (χ1v) is 6.26. The molecule has 0 atom stereocenters. The zero-order valence-electron chi connectivity index (χ0n) is 11.4. The highest BCUT2D eigenvalue weighted by atomic mass is 16.6. The SMILES string of the molecule is C=C(NNC(=O)c1ccc(O)cc1)c1ccc([N+](=O)[O-])cc1. The summed E-state index contributed by atoms with van der Waals surface area (Å²) in [7, 11) is 0. The zero-order valence-corrected chi connectivity index (χ0v) is 11.4. The van der Waals surface area contributed by atoms with Crippen LogP contribution >= 0.6 is 0 Å². The molecule has 0 heterocycles. The quantitative estimate of drug-likeness (QED) is 0.580. The van der Waals surface area contributed by atoms with Crippen LogP contribution in [0.2, 0.25) is 0 Å². The minimum Gasteiger partial charge on any atom is -0.508 e. The van der Waals surface area contributed by atoms with Crippen molar-refractivity contribution >= 4 is 17.3 Å². The molecule has 0 unspecified atom stereocenters. The summed E-state index contributed by atoms with van der Waals surface area (Å²) in [6.07, 6.45) is 0. The average Bonchev–Trinajstić information content (AvgIpc) is 2.53. The molecule has 0 spiro atoms. The summed E-state index contributed by atoms with van der Waals surface area (Å²) in [5.74, 6) is -0.331. The third kappa shape index (κ3) is 3.60. The lowest BCUT2D eigenvalue weighted by molar-refractivity contribution is -0.384. The number of benzene rings is 2. The highest BCUT2D eigenvalue weighted by Gasteiger charge is 2.08. The van der Waals surface area contributed by atoms with Crippen molar-refractivity contribution in [2.45, 2.75) is 0 Å². The van der Waals surface area contributed by atoms with Gasteiger partial charge in [0.2, 0.25) is 0 Å². The number of hydrazine groups is 1. The van der Waals surface area contributed by atoms with Gasteiger partial charge in [-0.25, -0.2) is 0 Å². The summed E-state index contributed by atoms with van der Waals surface area (Å²) in [6.45, 7) is 3.74. The number of phenols is 1. The molecule has 0 saturated carbocycles. The van der Waals surface area contributed by atoms with Gasteiger partial charge in [-0.15, -0.1) is 0 Å². The number of amides is 1. The van der Waals surface area contributed by atoms with Crippen LogP contribution in [0.25, 0.3) is 5.70 Å². The monoisotopic (exact) mass is 299 g/mol. The molecule has 0 fully saturated rings. The van der Waals surface area contributed by atoms with E-state index in [-0.39, 0.29) is 11.4 Å². The second kappa shape index (κ2) is 6.40. The second-order valence-corrected chi connectivity index (χ2v) is 4.41. The van der Waals surface area contributed by atoms with Crippen LogP contribution in [0.5, 0.6) is 5.75 Å². The second-order valence-electron chi connectivity index (χ2n) is 4.41. The lowest BCUT2D eigenvalue weighted by Crippen LogP contribution is -2.35. The van der Waals surface area contributed by atoms with E-state index in [1.165, 1.54) is 48.5 Å². The van der Waals surface area contributed by atoms with E-state index in [0.29, 0.717) is 16.8 Å². The first kappa shape index (κ1) is 15.0. The summed E-state index contributed by atoms with van der Waals surface area (Å²) in [6, 6.07) is 11.5. The van der Waals surface area contributed by atoms with E-state index >= 15 is 0 Å². The lowest BCUT2D eigenvalue weighted by Gasteiger charge is -2.11. The van der Waals surface area contributed by atoms with Gasteiger partial charge in [0, 0.05) is 17.7 Å². The van der Waals surface area contributed by atoms with Crippen molar-refractivity contribution in [2.24, 2.45) is 0 Å². The van der Waals surface area contributed by atoms with Gasteiger partial charge in [0.05, 0.1) is 10.6 Å². The standard InChI is InChI=1S/C15H13N3O4/c1-10(11-2-6-13(7-3-11)18(21)22)16-17-15(20)12-4-8-14(19)9-5-12/h2-9,16,19H,1H2,(H,17,20). The number of nitrogens with zero attached hydrogens (tertiary/aromatic N) is 1. The third-order valence-electron chi connectivity index (χ3n) is 2.88. The summed E-state index contributed by atoms with van der Waals surface area (Å²) >= 11 is 0. The summed E-state index contributed by atoms with van der Waals surface area (Å²) < 4.78 is 0. The van der Waals surface area contributed by atoms with Crippen LogP contribution in [-0.2, 0) is 0 Å². The van der Waals surface area contributed by atoms with Gasteiger partial charge in [-0.2, -0.15) is 0 Å². The smallest absolute Gasteiger partial charge is 0.269 e. The molecular weight excluding hydrogens is 286 g/mol. The molecule has 0 bridgehead atoms. The number of carbonyl (C=O) groups excluding carboxylic acids is 1. The number of carbonyl (C=O) groups is 1. The Hall–Kier alpha value is -3.35. The van der Waals surface area contributed by atoms with E-state index in [1.807, 2.05) is 0 Å². The maximum atomic E-state index is 11.8. The van der Waals surface area contributed by atoms with Gasteiger partial charge in [0.1, 0.15) is 5.75 Å². The van der Waals surface area contributed by atoms with E-state index in [0.717, 1.165) is 0 Å². The summed E-state index contributed by atoms with van der Waals surface area (Å²) in [4.78, 5) is 21.9. The topological polar surface area (TPSA) is 104 Å². The van der Waals surface area contributed by atoms with Crippen molar-refractivity contribution in [3.63, 3.8) is 0 Å². The molecule has 2 aromatic carbocycles. The van der Waals surface area contributed by atoms with E-state index in [2.05, 4.69) is 17.4 Å². The van der Waals surface area contributed by atoms with Crippen LogP contribution in [0.1, 0.15) is 15.9 Å². The molecule has 0 radical (unpaired) electrons. The molecule has 0 aliphatic carbocycles. The Morgan fingerprint density at radius 3 is 2.09 bits per heavy atom. The highest BCUT2D eigenvalue weighted by Crippen LogP contribution is 2.15. The molecule has 0 saturated heterocycles. The third-order valence-corrected chi connectivity index (χ3v) is 2.88. The van der Waals surface area contributed by atoms with Crippen molar-refractivity contribution < 1.29 is 14.8 Å². The summed E-state index contributed by atoms with van der Waals surface area (Å²) in [5.41, 5.74) is 6.42. The van der Waals surface area contributed by atoms with Crippen LogP contribution in [0.15, 0.2) is 55.1 Å². The molecule has 0 aliphatic rings. The molecular formula is C15H13N3O4. The van der Waals surface area contributed by atoms with Crippen LogP contribution in [0, 0.1) is 10.1 Å². The maximum Gasteiger partial charge on any atom is 0.269 e. The Morgan fingerprint density at radius 1 is 1.00 bits per heavy atom. The van der Waals surface area contributed by atoms with Gasteiger partial charge in [0.15, 0.2) is 0 Å². The number of nitrogens with one attached hydrogen (secondary N) is 2. The number of non-ortho nitro benzene ring substituents is 1. The van der Waals surface area contributed by atoms with Crippen molar-refractivity contribution in [3.8, 4) is 5.75 Å². The number of nitro groups is 1. The van der Waals surface area contributed by atoms with Crippen molar-refractivity contribution in [1.82, 2.24) is 10.9 Å².